The van der Waals surface area contributed by atoms with Gasteiger partial charge in [-0.1, -0.05) is 30.3 Å². The first kappa shape index (κ1) is 18.2. The predicted octanol–water partition coefficient (Wildman–Crippen LogP) is 2.30. The minimum absolute atomic E-state index is 0.111. The lowest BCUT2D eigenvalue weighted by Gasteiger charge is -2.34. The van der Waals surface area contributed by atoms with Gasteiger partial charge in [-0.15, -0.1) is 0 Å². The maximum atomic E-state index is 12.4. The van der Waals surface area contributed by atoms with E-state index in [1.807, 2.05) is 23.1 Å². The molecule has 0 aliphatic carbocycles. The Hall–Kier alpha value is -2.60. The fourth-order valence-corrected chi connectivity index (χ4v) is 3.13. The Balaban J connectivity index is 1.39. The van der Waals surface area contributed by atoms with Crippen LogP contribution in [0, 0.1) is 0 Å². The van der Waals surface area contributed by atoms with Crippen LogP contribution in [0.15, 0.2) is 53.1 Å². The van der Waals surface area contributed by atoms with E-state index in [0.717, 1.165) is 0 Å². The van der Waals surface area contributed by atoms with Gasteiger partial charge in [-0.2, -0.15) is 0 Å². The lowest BCUT2D eigenvalue weighted by Crippen LogP contribution is -2.50. The van der Waals surface area contributed by atoms with Crippen molar-refractivity contribution in [3.05, 3.63) is 60.1 Å². The smallest absolute Gasteiger partial charge is 0.289 e. The average molecular weight is 355 g/mol. The summed E-state index contributed by atoms with van der Waals surface area (Å²) < 4.78 is 5.15. The van der Waals surface area contributed by atoms with Crippen molar-refractivity contribution < 1.29 is 14.0 Å². The first-order valence-electron chi connectivity index (χ1n) is 9.04. The number of hydrogen-bond donors (Lipinski definition) is 1. The first-order chi connectivity index (χ1) is 12.6. The molecule has 2 heterocycles. The van der Waals surface area contributed by atoms with E-state index in [4.69, 9.17) is 4.42 Å². The highest BCUT2D eigenvalue weighted by molar-refractivity contribution is 5.91. The molecule has 6 heteroatoms. The zero-order valence-electron chi connectivity index (χ0n) is 15.1. The lowest BCUT2D eigenvalue weighted by atomic mass is 10.1. The van der Waals surface area contributed by atoms with Crippen molar-refractivity contribution in [1.82, 2.24) is 15.1 Å². The molecule has 1 atom stereocenters. The molecule has 1 N–H and O–H groups in total. The molecule has 0 bridgehead atoms. The van der Waals surface area contributed by atoms with Crippen LogP contribution in [0.3, 0.4) is 0 Å². The fraction of sp³-hybridized carbons (Fsp3) is 0.400. The lowest BCUT2D eigenvalue weighted by molar-refractivity contribution is -0.132. The monoisotopic (exact) mass is 355 g/mol. The summed E-state index contributed by atoms with van der Waals surface area (Å²) in [5, 5.41) is 3.39. The van der Waals surface area contributed by atoms with E-state index in [1.54, 1.807) is 17.0 Å². The van der Waals surface area contributed by atoms with Crippen molar-refractivity contribution in [2.75, 3.05) is 32.7 Å². The Morgan fingerprint density at radius 3 is 2.38 bits per heavy atom. The van der Waals surface area contributed by atoms with E-state index < -0.39 is 0 Å². The van der Waals surface area contributed by atoms with Crippen LogP contribution in [0.1, 0.15) is 35.5 Å². The molecule has 2 aromatic rings. The number of rotatable bonds is 6. The highest BCUT2D eigenvalue weighted by Gasteiger charge is 2.25. The maximum absolute atomic E-state index is 12.4. The third-order valence-corrected chi connectivity index (χ3v) is 4.74. The number of nitrogens with zero attached hydrogens (tertiary/aromatic N) is 2. The molecule has 3 rings (SSSR count). The van der Waals surface area contributed by atoms with Gasteiger partial charge in [0.05, 0.1) is 6.26 Å². The molecule has 1 fully saturated rings. The summed E-state index contributed by atoms with van der Waals surface area (Å²) in [5.41, 5.74) is 1.21. The summed E-state index contributed by atoms with van der Waals surface area (Å²) in [5.74, 6) is 0.368. The number of furan rings is 1. The maximum Gasteiger partial charge on any atom is 0.289 e. The van der Waals surface area contributed by atoms with E-state index in [9.17, 15) is 9.59 Å². The van der Waals surface area contributed by atoms with Gasteiger partial charge in [0, 0.05) is 45.2 Å². The molecule has 0 saturated carbocycles. The second-order valence-electron chi connectivity index (χ2n) is 6.49. The highest BCUT2D eigenvalue weighted by atomic mass is 16.3. The minimum Gasteiger partial charge on any atom is -0.459 e. The van der Waals surface area contributed by atoms with Crippen molar-refractivity contribution in [1.29, 1.82) is 0 Å². The van der Waals surface area contributed by atoms with Gasteiger partial charge in [0.25, 0.3) is 5.91 Å². The number of nitrogens with one attached hydrogen (secondary N) is 1. The molecule has 1 aromatic carbocycles. The summed E-state index contributed by atoms with van der Waals surface area (Å²) in [4.78, 5) is 28.2. The molecule has 138 valence electrons. The van der Waals surface area contributed by atoms with Crippen LogP contribution in [-0.2, 0) is 4.79 Å². The van der Waals surface area contributed by atoms with Crippen molar-refractivity contribution in [2.45, 2.75) is 19.4 Å². The van der Waals surface area contributed by atoms with Crippen LogP contribution in [0.2, 0.25) is 0 Å². The van der Waals surface area contributed by atoms with Crippen molar-refractivity contribution in [3.63, 3.8) is 0 Å². The van der Waals surface area contributed by atoms with Crippen molar-refractivity contribution in [2.24, 2.45) is 0 Å². The average Bonchev–Trinajstić information content (AvgIpc) is 3.23. The predicted molar refractivity (Wildman–Crippen MR) is 98.7 cm³/mol. The second-order valence-corrected chi connectivity index (χ2v) is 6.49. The van der Waals surface area contributed by atoms with Gasteiger partial charge in [-0.05, 0) is 24.6 Å². The van der Waals surface area contributed by atoms with E-state index in [2.05, 4.69) is 24.4 Å². The van der Waals surface area contributed by atoms with Crippen molar-refractivity contribution >= 4 is 11.8 Å². The van der Waals surface area contributed by atoms with Crippen LogP contribution in [-0.4, -0.2) is 54.3 Å². The molecule has 2 amide bonds. The molecular formula is C20H25N3O3. The molecule has 6 nitrogen and oxygen atoms in total. The number of piperazine rings is 1. The molecule has 1 saturated heterocycles. The SMILES string of the molecule is CC(NCCC(=O)N1CCN(C(=O)c2ccco2)CC1)c1ccccc1. The van der Waals surface area contributed by atoms with Crippen LogP contribution >= 0.6 is 0 Å². The Kier molecular flexibility index (Phi) is 6.07. The minimum atomic E-state index is -0.111. The Morgan fingerprint density at radius 2 is 1.73 bits per heavy atom. The normalized spacial score (nSPS) is 15.7. The number of carbonyl (C=O) groups excluding carboxylic acids is 2. The summed E-state index contributed by atoms with van der Waals surface area (Å²) in [6, 6.07) is 13.8. The van der Waals surface area contributed by atoms with Gasteiger partial charge in [0.2, 0.25) is 5.91 Å². The zero-order valence-corrected chi connectivity index (χ0v) is 15.1. The van der Waals surface area contributed by atoms with Gasteiger partial charge in [0.15, 0.2) is 5.76 Å². The van der Waals surface area contributed by atoms with E-state index >= 15 is 0 Å². The van der Waals surface area contributed by atoms with Gasteiger partial charge in [-0.25, -0.2) is 0 Å². The molecule has 1 aliphatic rings. The Labute approximate surface area is 153 Å². The largest absolute Gasteiger partial charge is 0.459 e. The molecule has 1 aliphatic heterocycles. The zero-order chi connectivity index (χ0) is 18.4. The number of hydrogen-bond acceptors (Lipinski definition) is 4. The fourth-order valence-electron chi connectivity index (χ4n) is 3.13. The van der Waals surface area contributed by atoms with Crippen molar-refractivity contribution in [3.8, 4) is 0 Å². The van der Waals surface area contributed by atoms with Gasteiger partial charge < -0.3 is 19.5 Å². The molecule has 0 spiro atoms. The van der Waals surface area contributed by atoms with Crippen LogP contribution in [0.5, 0.6) is 0 Å². The molecule has 0 radical (unpaired) electrons. The second kappa shape index (κ2) is 8.67. The summed E-state index contributed by atoms with van der Waals surface area (Å²) in [6.07, 6.45) is 1.96. The number of carbonyl (C=O) groups is 2. The summed E-state index contributed by atoms with van der Waals surface area (Å²) in [7, 11) is 0. The highest BCUT2D eigenvalue weighted by Crippen LogP contribution is 2.12. The van der Waals surface area contributed by atoms with Crippen LogP contribution in [0.25, 0.3) is 0 Å². The Morgan fingerprint density at radius 1 is 1.04 bits per heavy atom. The van der Waals surface area contributed by atoms with Gasteiger partial charge >= 0.3 is 0 Å². The topological polar surface area (TPSA) is 65.8 Å². The molecule has 26 heavy (non-hydrogen) atoms. The van der Waals surface area contributed by atoms with Crippen LogP contribution in [0.4, 0.5) is 0 Å². The summed E-state index contributed by atoms with van der Waals surface area (Å²) in [6.45, 7) is 4.95. The Bertz CT molecular complexity index is 707. The van der Waals surface area contributed by atoms with E-state index in [-0.39, 0.29) is 17.9 Å². The number of benzene rings is 1. The molecular weight excluding hydrogens is 330 g/mol. The molecule has 1 unspecified atom stereocenters. The van der Waals surface area contributed by atoms with E-state index in [1.165, 1.54) is 11.8 Å². The van der Waals surface area contributed by atoms with E-state index in [0.29, 0.717) is 44.9 Å². The van der Waals surface area contributed by atoms with Crippen LogP contribution < -0.4 is 5.32 Å². The third kappa shape index (κ3) is 4.52. The van der Waals surface area contributed by atoms with Gasteiger partial charge in [0.1, 0.15) is 0 Å². The third-order valence-electron chi connectivity index (χ3n) is 4.74. The van der Waals surface area contributed by atoms with Gasteiger partial charge in [-0.3, -0.25) is 9.59 Å². The summed E-state index contributed by atoms with van der Waals surface area (Å²) >= 11 is 0. The number of amides is 2. The standard InChI is InChI=1S/C20H25N3O3/c1-16(17-6-3-2-4-7-17)21-10-9-19(24)22-11-13-23(14-12-22)20(25)18-8-5-15-26-18/h2-8,15-16,21H,9-14H2,1H3. The molecule has 1 aromatic heterocycles. The quantitative estimate of drug-likeness (QED) is 0.864. The first-order valence-corrected chi connectivity index (χ1v) is 9.04.